The maximum atomic E-state index is 13.5. The van der Waals surface area contributed by atoms with Crippen LogP contribution in [0.4, 0.5) is 5.00 Å². The smallest absolute Gasteiger partial charge is 0.341 e. The number of rotatable bonds is 6. The van der Waals surface area contributed by atoms with Crippen LogP contribution in [0.5, 0.6) is 5.75 Å². The first-order valence-corrected chi connectivity index (χ1v) is 11.3. The maximum Gasteiger partial charge on any atom is 0.341 e. The van der Waals surface area contributed by atoms with Gasteiger partial charge in [-0.1, -0.05) is 37.3 Å². The predicted molar refractivity (Wildman–Crippen MR) is 131 cm³/mol. The van der Waals surface area contributed by atoms with Crippen LogP contribution in [-0.4, -0.2) is 31.1 Å². The Morgan fingerprint density at radius 2 is 1.85 bits per heavy atom. The number of carbonyl (C=O) groups excluding carboxylic acids is 2. The summed E-state index contributed by atoms with van der Waals surface area (Å²) in [5.41, 5.74) is 3.97. The number of carbonyl (C=O) groups is 2. The Kier molecular flexibility index (Phi) is 6.42. The minimum Gasteiger partial charge on any atom is -0.497 e. The number of aryl methyl sites for hydroxylation is 1. The molecule has 2 aromatic heterocycles. The molecule has 168 valence electrons. The lowest BCUT2D eigenvalue weighted by Crippen LogP contribution is -2.15. The molecule has 1 amide bonds. The van der Waals surface area contributed by atoms with Crippen molar-refractivity contribution in [3.8, 4) is 17.0 Å². The Bertz CT molecular complexity index is 1360. The molecular formula is C26H24N2O4S. The number of amides is 1. The molecule has 0 bridgehead atoms. The highest BCUT2D eigenvalue weighted by Crippen LogP contribution is 2.35. The minimum atomic E-state index is -0.455. The van der Waals surface area contributed by atoms with Gasteiger partial charge in [0.25, 0.3) is 5.91 Å². The number of methoxy groups -OCH3 is 2. The van der Waals surface area contributed by atoms with Gasteiger partial charge in [0.05, 0.1) is 36.6 Å². The second-order valence-electron chi connectivity index (χ2n) is 7.44. The normalized spacial score (nSPS) is 10.8. The number of fused-ring (bicyclic) bond motifs is 1. The first-order valence-electron chi connectivity index (χ1n) is 10.5. The van der Waals surface area contributed by atoms with Crippen molar-refractivity contribution in [3.63, 3.8) is 0 Å². The van der Waals surface area contributed by atoms with E-state index in [1.165, 1.54) is 18.4 Å². The lowest BCUT2D eigenvalue weighted by Gasteiger charge is -2.11. The van der Waals surface area contributed by atoms with E-state index in [9.17, 15) is 9.59 Å². The molecule has 7 heteroatoms. The van der Waals surface area contributed by atoms with E-state index >= 15 is 0 Å². The third kappa shape index (κ3) is 4.32. The Morgan fingerprint density at radius 1 is 1.06 bits per heavy atom. The van der Waals surface area contributed by atoms with Gasteiger partial charge in [0.15, 0.2) is 0 Å². The van der Waals surface area contributed by atoms with Crippen LogP contribution < -0.4 is 10.1 Å². The average molecular weight is 461 g/mol. The SMILES string of the molecule is CCc1c(C)sc(NC(=O)c2cc(-c3cccc(OC)c3)nc3ccccc23)c1C(=O)OC. The summed E-state index contributed by atoms with van der Waals surface area (Å²) < 4.78 is 10.3. The maximum absolute atomic E-state index is 13.5. The van der Waals surface area contributed by atoms with Gasteiger partial charge in [0.1, 0.15) is 10.8 Å². The van der Waals surface area contributed by atoms with Crippen LogP contribution >= 0.6 is 11.3 Å². The summed E-state index contributed by atoms with van der Waals surface area (Å²) in [5.74, 6) is -0.0627. The van der Waals surface area contributed by atoms with Crippen LogP contribution in [0.15, 0.2) is 54.6 Å². The van der Waals surface area contributed by atoms with Gasteiger partial charge in [-0.05, 0) is 43.2 Å². The van der Waals surface area contributed by atoms with Gasteiger partial charge in [-0.15, -0.1) is 11.3 Å². The Hall–Kier alpha value is -3.71. The van der Waals surface area contributed by atoms with E-state index in [1.54, 1.807) is 13.2 Å². The number of pyridine rings is 1. The van der Waals surface area contributed by atoms with Gasteiger partial charge >= 0.3 is 5.97 Å². The van der Waals surface area contributed by atoms with Crippen molar-refractivity contribution in [2.45, 2.75) is 20.3 Å². The van der Waals surface area contributed by atoms with E-state index in [0.29, 0.717) is 39.5 Å². The van der Waals surface area contributed by atoms with Gasteiger partial charge in [0.2, 0.25) is 0 Å². The van der Waals surface area contributed by atoms with E-state index in [2.05, 4.69) is 5.32 Å². The molecule has 0 aliphatic carbocycles. The zero-order chi connectivity index (χ0) is 23.5. The number of para-hydroxylation sites is 1. The van der Waals surface area contributed by atoms with Crippen LogP contribution in [-0.2, 0) is 11.2 Å². The molecule has 0 aliphatic rings. The lowest BCUT2D eigenvalue weighted by atomic mass is 10.0. The molecule has 1 N–H and O–H groups in total. The van der Waals surface area contributed by atoms with Crippen molar-refractivity contribution < 1.29 is 19.1 Å². The minimum absolute atomic E-state index is 0.313. The second kappa shape index (κ2) is 9.42. The third-order valence-corrected chi connectivity index (χ3v) is 6.57. The molecule has 0 spiro atoms. The number of anilines is 1. The van der Waals surface area contributed by atoms with E-state index in [4.69, 9.17) is 14.5 Å². The monoisotopic (exact) mass is 460 g/mol. The van der Waals surface area contributed by atoms with Crippen LogP contribution in [0.25, 0.3) is 22.2 Å². The summed E-state index contributed by atoms with van der Waals surface area (Å²) in [6.45, 7) is 3.91. The Balaban J connectivity index is 1.81. The predicted octanol–water partition coefficient (Wildman–Crippen LogP) is 5.88. The zero-order valence-electron chi connectivity index (χ0n) is 18.9. The highest BCUT2D eigenvalue weighted by Gasteiger charge is 2.24. The molecule has 0 saturated heterocycles. The molecule has 0 unspecified atom stereocenters. The van der Waals surface area contributed by atoms with Crippen molar-refractivity contribution >= 4 is 39.1 Å². The number of nitrogens with one attached hydrogen (secondary N) is 1. The van der Waals surface area contributed by atoms with Crippen LogP contribution in [0.3, 0.4) is 0 Å². The molecule has 0 radical (unpaired) electrons. The van der Waals surface area contributed by atoms with Crippen LogP contribution in [0, 0.1) is 6.92 Å². The van der Waals surface area contributed by atoms with Crippen molar-refractivity contribution in [2.75, 3.05) is 19.5 Å². The second-order valence-corrected chi connectivity index (χ2v) is 8.67. The van der Waals surface area contributed by atoms with Crippen molar-refractivity contribution in [3.05, 3.63) is 76.2 Å². The van der Waals surface area contributed by atoms with Gasteiger partial charge in [-0.25, -0.2) is 9.78 Å². The number of benzene rings is 2. The summed E-state index contributed by atoms with van der Waals surface area (Å²) in [7, 11) is 2.95. The first kappa shape index (κ1) is 22.5. The van der Waals surface area contributed by atoms with Gasteiger partial charge in [-0.3, -0.25) is 4.79 Å². The number of nitrogens with zero attached hydrogens (tertiary/aromatic N) is 1. The molecule has 0 aliphatic heterocycles. The lowest BCUT2D eigenvalue weighted by molar-refractivity contribution is 0.0601. The molecule has 2 aromatic carbocycles. The molecule has 4 aromatic rings. The van der Waals surface area contributed by atoms with Crippen molar-refractivity contribution in [1.29, 1.82) is 0 Å². The fourth-order valence-corrected chi connectivity index (χ4v) is 5.00. The third-order valence-electron chi connectivity index (χ3n) is 5.51. The summed E-state index contributed by atoms with van der Waals surface area (Å²) in [6, 6.07) is 16.8. The zero-order valence-corrected chi connectivity index (χ0v) is 19.7. The quantitative estimate of drug-likeness (QED) is 0.364. The molecule has 0 fully saturated rings. The van der Waals surface area contributed by atoms with Crippen molar-refractivity contribution in [1.82, 2.24) is 4.98 Å². The Morgan fingerprint density at radius 3 is 2.58 bits per heavy atom. The molecule has 0 atom stereocenters. The molecular weight excluding hydrogens is 436 g/mol. The number of esters is 1. The molecule has 33 heavy (non-hydrogen) atoms. The summed E-state index contributed by atoms with van der Waals surface area (Å²) in [4.78, 5) is 31.7. The van der Waals surface area contributed by atoms with E-state index < -0.39 is 5.97 Å². The molecule has 4 rings (SSSR count). The fraction of sp³-hybridized carbons (Fsp3) is 0.192. The van der Waals surface area contributed by atoms with E-state index in [1.807, 2.05) is 62.4 Å². The standard InChI is InChI=1S/C26H24N2O4S/c1-5-18-15(2)33-25(23(18)26(30)32-4)28-24(29)20-14-22(16-9-8-10-17(13-16)31-3)27-21-12-7-6-11-19(20)21/h6-14H,5H2,1-4H3,(H,28,29). The molecule has 6 nitrogen and oxygen atoms in total. The number of thiophene rings is 1. The van der Waals surface area contributed by atoms with E-state index in [0.717, 1.165) is 21.4 Å². The summed E-state index contributed by atoms with van der Waals surface area (Å²) in [6.07, 6.45) is 0.667. The Labute approximate surface area is 196 Å². The van der Waals surface area contributed by atoms with Gasteiger partial charge in [-0.2, -0.15) is 0 Å². The van der Waals surface area contributed by atoms with Crippen molar-refractivity contribution in [2.24, 2.45) is 0 Å². The largest absolute Gasteiger partial charge is 0.497 e. The topological polar surface area (TPSA) is 77.5 Å². The first-order chi connectivity index (χ1) is 16.0. The number of aromatic nitrogens is 1. The highest BCUT2D eigenvalue weighted by atomic mass is 32.1. The van der Waals surface area contributed by atoms with Gasteiger partial charge < -0.3 is 14.8 Å². The van der Waals surface area contributed by atoms with Gasteiger partial charge in [0, 0.05) is 15.8 Å². The molecule has 0 saturated carbocycles. The van der Waals surface area contributed by atoms with E-state index in [-0.39, 0.29) is 5.91 Å². The number of ether oxygens (including phenoxy) is 2. The summed E-state index contributed by atoms with van der Waals surface area (Å²) >= 11 is 1.38. The number of hydrogen-bond donors (Lipinski definition) is 1. The molecule has 2 heterocycles. The number of hydrogen-bond acceptors (Lipinski definition) is 6. The average Bonchev–Trinajstić information content (AvgIpc) is 3.17. The highest BCUT2D eigenvalue weighted by molar-refractivity contribution is 7.16. The van der Waals surface area contributed by atoms with Crippen LogP contribution in [0.1, 0.15) is 38.1 Å². The summed E-state index contributed by atoms with van der Waals surface area (Å²) in [5, 5.41) is 4.18. The van der Waals surface area contributed by atoms with Crippen LogP contribution in [0.2, 0.25) is 0 Å². The fourth-order valence-electron chi connectivity index (χ4n) is 3.87.